The van der Waals surface area contributed by atoms with Crippen molar-refractivity contribution in [3.63, 3.8) is 0 Å². The Morgan fingerprint density at radius 2 is 2.07 bits per heavy atom. The topological polar surface area (TPSA) is 88.6 Å². The minimum atomic E-state index is -1.28. The third-order valence-corrected chi connectivity index (χ3v) is 5.61. The zero-order valence-corrected chi connectivity index (χ0v) is 15.9. The summed E-state index contributed by atoms with van der Waals surface area (Å²) in [4.78, 5) is 26.1. The summed E-state index contributed by atoms with van der Waals surface area (Å²) in [6, 6.07) is 1.88. The van der Waals surface area contributed by atoms with Gasteiger partial charge in [-0.15, -0.1) is 12.4 Å². The third-order valence-electron chi connectivity index (χ3n) is 5.61. The van der Waals surface area contributed by atoms with Crippen LogP contribution in [-0.2, 0) is 0 Å². The number of nitrogens with zero attached hydrogens (tertiary/aromatic N) is 2. The molecule has 1 aliphatic heterocycles. The smallest absolute Gasteiger partial charge is 0.341 e. The van der Waals surface area contributed by atoms with Gasteiger partial charge in [0.2, 0.25) is 5.43 Å². The number of benzene rings is 1. The third kappa shape index (κ3) is 3.19. The SMILES string of the molecule is Cc1c(F)c(N2CCC(CN)C2)cc2c1c(=O)c(C(=O)O)cn2C1CC1.Cl. The summed E-state index contributed by atoms with van der Waals surface area (Å²) in [5.74, 6) is -1.39. The van der Waals surface area contributed by atoms with Crippen LogP contribution in [0.5, 0.6) is 0 Å². The van der Waals surface area contributed by atoms with Crippen molar-refractivity contribution in [2.24, 2.45) is 11.7 Å². The second-order valence-electron chi connectivity index (χ2n) is 7.38. The molecule has 0 bridgehead atoms. The fraction of sp³-hybridized carbons (Fsp3) is 0.474. The number of aryl methyl sites for hydroxylation is 1. The first-order chi connectivity index (χ1) is 12.4. The highest BCUT2D eigenvalue weighted by molar-refractivity contribution is 5.95. The van der Waals surface area contributed by atoms with Crippen LogP contribution in [0.2, 0.25) is 0 Å². The van der Waals surface area contributed by atoms with Crippen molar-refractivity contribution in [1.29, 1.82) is 0 Å². The molecule has 1 aromatic carbocycles. The molecule has 1 saturated carbocycles. The molecule has 1 aliphatic carbocycles. The molecule has 1 unspecified atom stereocenters. The van der Waals surface area contributed by atoms with Crippen LogP contribution in [0.4, 0.5) is 10.1 Å². The molecule has 27 heavy (non-hydrogen) atoms. The zero-order valence-electron chi connectivity index (χ0n) is 15.1. The van der Waals surface area contributed by atoms with Crippen LogP contribution in [0.3, 0.4) is 0 Å². The van der Waals surface area contributed by atoms with Crippen molar-refractivity contribution in [3.05, 3.63) is 39.4 Å². The van der Waals surface area contributed by atoms with E-state index in [1.807, 2.05) is 9.47 Å². The number of hydrogen-bond donors (Lipinski definition) is 2. The Kier molecular flexibility index (Phi) is 5.18. The molecule has 0 radical (unpaired) electrons. The molecule has 0 amide bonds. The van der Waals surface area contributed by atoms with E-state index in [1.54, 1.807) is 13.0 Å². The quantitative estimate of drug-likeness (QED) is 0.830. The van der Waals surface area contributed by atoms with Gasteiger partial charge in [0.25, 0.3) is 0 Å². The van der Waals surface area contributed by atoms with Crippen LogP contribution in [0.15, 0.2) is 17.1 Å². The summed E-state index contributed by atoms with van der Waals surface area (Å²) in [7, 11) is 0. The molecule has 2 heterocycles. The number of aromatic carboxylic acids is 1. The molecule has 2 fully saturated rings. The van der Waals surface area contributed by atoms with Gasteiger partial charge < -0.3 is 20.3 Å². The number of carboxylic acids is 1. The molecular formula is C19H23ClFN3O3. The number of carboxylic acid groups (broad SMARTS) is 1. The monoisotopic (exact) mass is 395 g/mol. The van der Waals surface area contributed by atoms with Gasteiger partial charge in [-0.25, -0.2) is 9.18 Å². The molecule has 146 valence electrons. The summed E-state index contributed by atoms with van der Waals surface area (Å²) in [5, 5.41) is 9.54. The van der Waals surface area contributed by atoms with Crippen LogP contribution in [0.25, 0.3) is 10.9 Å². The first kappa shape index (κ1) is 19.6. The maximum Gasteiger partial charge on any atom is 0.341 e. The van der Waals surface area contributed by atoms with Crippen LogP contribution >= 0.6 is 12.4 Å². The fourth-order valence-electron chi connectivity index (χ4n) is 3.93. The van der Waals surface area contributed by atoms with Gasteiger partial charge in [0.1, 0.15) is 11.4 Å². The van der Waals surface area contributed by atoms with Crippen LogP contribution in [-0.4, -0.2) is 35.3 Å². The fourth-order valence-corrected chi connectivity index (χ4v) is 3.93. The number of aromatic nitrogens is 1. The van der Waals surface area contributed by atoms with Crippen molar-refractivity contribution in [3.8, 4) is 0 Å². The predicted molar refractivity (Wildman–Crippen MR) is 105 cm³/mol. The lowest BCUT2D eigenvalue weighted by atomic mass is 10.0. The van der Waals surface area contributed by atoms with Gasteiger partial charge >= 0.3 is 5.97 Å². The maximum absolute atomic E-state index is 15.1. The van der Waals surface area contributed by atoms with Crippen LogP contribution in [0, 0.1) is 18.7 Å². The number of carbonyl (C=O) groups is 1. The molecule has 0 spiro atoms. The summed E-state index contributed by atoms with van der Waals surface area (Å²) >= 11 is 0. The number of nitrogens with two attached hydrogens (primary N) is 1. The van der Waals surface area contributed by atoms with Gasteiger partial charge in [0, 0.05) is 30.9 Å². The summed E-state index contributed by atoms with van der Waals surface area (Å²) < 4.78 is 16.9. The number of anilines is 1. The number of rotatable bonds is 4. The molecule has 1 aromatic heterocycles. The summed E-state index contributed by atoms with van der Waals surface area (Å²) in [6.07, 6.45) is 4.20. The van der Waals surface area contributed by atoms with Crippen molar-refractivity contribution in [1.82, 2.24) is 4.57 Å². The summed E-state index contributed by atoms with van der Waals surface area (Å²) in [6.45, 7) is 3.55. The van der Waals surface area contributed by atoms with E-state index in [0.29, 0.717) is 30.2 Å². The Labute approximate surface area is 162 Å². The molecule has 2 aromatic rings. The van der Waals surface area contributed by atoms with Crippen molar-refractivity contribution in [2.45, 2.75) is 32.2 Å². The molecule has 3 N–H and O–H groups in total. The van der Waals surface area contributed by atoms with Gasteiger partial charge in [-0.3, -0.25) is 4.79 Å². The Morgan fingerprint density at radius 1 is 1.37 bits per heavy atom. The van der Waals surface area contributed by atoms with E-state index in [2.05, 4.69) is 0 Å². The van der Waals surface area contributed by atoms with E-state index in [1.165, 1.54) is 6.20 Å². The number of fused-ring (bicyclic) bond motifs is 1. The molecule has 2 aliphatic rings. The minimum absolute atomic E-state index is 0. The molecule has 1 atom stereocenters. The second-order valence-corrected chi connectivity index (χ2v) is 7.38. The highest BCUT2D eigenvalue weighted by Gasteiger charge is 2.30. The van der Waals surface area contributed by atoms with Gasteiger partial charge in [-0.05, 0) is 44.7 Å². The minimum Gasteiger partial charge on any atom is -0.477 e. The normalized spacial score (nSPS) is 19.4. The van der Waals surface area contributed by atoms with Gasteiger partial charge in [-0.2, -0.15) is 0 Å². The molecule has 8 heteroatoms. The Morgan fingerprint density at radius 3 is 2.63 bits per heavy atom. The van der Waals surface area contributed by atoms with E-state index >= 15 is 4.39 Å². The van der Waals surface area contributed by atoms with E-state index in [4.69, 9.17) is 5.73 Å². The molecular weight excluding hydrogens is 373 g/mol. The van der Waals surface area contributed by atoms with Crippen molar-refractivity contribution < 1.29 is 14.3 Å². The van der Waals surface area contributed by atoms with Crippen LogP contribution in [0.1, 0.15) is 41.2 Å². The lowest BCUT2D eigenvalue weighted by Gasteiger charge is -2.22. The average Bonchev–Trinajstić information content (AvgIpc) is 3.34. The Bertz CT molecular complexity index is 971. The van der Waals surface area contributed by atoms with Crippen molar-refractivity contribution >= 4 is 35.0 Å². The highest BCUT2D eigenvalue weighted by Crippen LogP contribution is 2.39. The lowest BCUT2D eigenvalue weighted by Crippen LogP contribution is -2.25. The van der Waals surface area contributed by atoms with E-state index in [-0.39, 0.29) is 35.0 Å². The zero-order chi connectivity index (χ0) is 18.6. The number of hydrogen-bond acceptors (Lipinski definition) is 4. The largest absolute Gasteiger partial charge is 0.477 e. The maximum atomic E-state index is 15.1. The molecule has 4 rings (SSSR count). The van der Waals surface area contributed by atoms with E-state index in [9.17, 15) is 14.7 Å². The van der Waals surface area contributed by atoms with E-state index in [0.717, 1.165) is 25.8 Å². The first-order valence-corrected chi connectivity index (χ1v) is 8.98. The second kappa shape index (κ2) is 7.13. The highest BCUT2D eigenvalue weighted by atomic mass is 35.5. The standard InChI is InChI=1S/C19H22FN3O3.ClH/c1-10-16-14(6-15(17(10)20)22-5-4-11(7-21)8-22)23(12-2-3-12)9-13(18(16)24)19(25)26;/h6,9,11-12H,2-5,7-8,21H2,1H3,(H,25,26);1H. The Hall–Kier alpha value is -2.12. The number of halogens is 2. The van der Waals surface area contributed by atoms with Gasteiger partial charge in [0.15, 0.2) is 0 Å². The molecule has 1 saturated heterocycles. The summed E-state index contributed by atoms with van der Waals surface area (Å²) in [5.41, 5.74) is 6.14. The molecule has 6 nitrogen and oxygen atoms in total. The van der Waals surface area contributed by atoms with Gasteiger partial charge in [0.05, 0.1) is 16.6 Å². The average molecular weight is 396 g/mol. The van der Waals surface area contributed by atoms with Gasteiger partial charge in [-0.1, -0.05) is 0 Å². The van der Waals surface area contributed by atoms with Crippen LogP contribution < -0.4 is 16.1 Å². The first-order valence-electron chi connectivity index (χ1n) is 8.98. The van der Waals surface area contributed by atoms with Crippen molar-refractivity contribution in [2.75, 3.05) is 24.5 Å². The predicted octanol–water partition coefficient (Wildman–Crippen LogP) is 2.69. The van der Waals surface area contributed by atoms with E-state index < -0.39 is 17.2 Å². The lowest BCUT2D eigenvalue weighted by molar-refractivity contribution is 0.0695. The number of pyridine rings is 1. The Balaban J connectivity index is 0.00000210.